The molecule has 1 amide bonds. The Morgan fingerprint density at radius 2 is 2.05 bits per heavy atom. The van der Waals surface area contributed by atoms with Crippen molar-refractivity contribution in [3.63, 3.8) is 0 Å². The maximum absolute atomic E-state index is 12.0. The number of carbonyl (C=O) groups is 2. The zero-order valence-corrected chi connectivity index (χ0v) is 11.1. The van der Waals surface area contributed by atoms with Crippen LogP contribution in [-0.2, 0) is 19.6 Å². The Morgan fingerprint density at radius 1 is 1.40 bits per heavy atom. The van der Waals surface area contributed by atoms with E-state index in [1.165, 1.54) is 6.20 Å². The van der Waals surface area contributed by atoms with E-state index in [1.54, 1.807) is 0 Å². The lowest BCUT2D eigenvalue weighted by atomic mass is 10.2. The summed E-state index contributed by atoms with van der Waals surface area (Å²) in [6, 6.07) is -0.323. The molecule has 1 atom stereocenters. The van der Waals surface area contributed by atoms with Crippen LogP contribution in [0.4, 0.5) is 5.69 Å². The third-order valence-electron chi connectivity index (χ3n) is 2.32. The van der Waals surface area contributed by atoms with Crippen molar-refractivity contribution in [3.8, 4) is 0 Å². The average molecular weight is 302 g/mol. The third-order valence-corrected chi connectivity index (χ3v) is 3.76. The van der Waals surface area contributed by atoms with Crippen molar-refractivity contribution in [1.29, 1.82) is 0 Å². The van der Waals surface area contributed by atoms with Gasteiger partial charge in [0, 0.05) is 18.8 Å². The van der Waals surface area contributed by atoms with Gasteiger partial charge in [-0.2, -0.15) is 4.72 Å². The Labute approximate surface area is 115 Å². The molecule has 0 spiro atoms. The monoisotopic (exact) mass is 302 g/mol. The molecule has 9 nitrogen and oxygen atoms in total. The molecule has 0 saturated heterocycles. The van der Waals surface area contributed by atoms with Crippen LogP contribution < -0.4 is 16.2 Å². The first-order valence-electron chi connectivity index (χ1n) is 5.46. The number of primary amides is 1. The number of hydrogen-bond donors (Lipinski definition) is 4. The van der Waals surface area contributed by atoms with Crippen molar-refractivity contribution >= 4 is 27.6 Å². The molecule has 0 bridgehead atoms. The topological polar surface area (TPSA) is 165 Å². The number of rotatable bonds is 7. The van der Waals surface area contributed by atoms with E-state index in [0.29, 0.717) is 0 Å². The molecule has 1 aromatic rings. The first-order chi connectivity index (χ1) is 9.22. The fourth-order valence-corrected chi connectivity index (χ4v) is 2.58. The number of sulfonamides is 1. The van der Waals surface area contributed by atoms with Crippen molar-refractivity contribution in [2.24, 2.45) is 5.73 Å². The fraction of sp³-hybridized carbons (Fsp3) is 0.300. The molecule has 6 N–H and O–H groups in total. The summed E-state index contributed by atoms with van der Waals surface area (Å²) in [6.45, 7) is 0. The van der Waals surface area contributed by atoms with Gasteiger partial charge in [0.25, 0.3) is 0 Å². The largest absolute Gasteiger partial charge is 0.480 e. The number of nitrogens with one attached hydrogen (secondary N) is 1. The molecule has 110 valence electrons. The number of carbonyl (C=O) groups excluding carboxylic acids is 1. The molecule has 1 heterocycles. The predicted molar refractivity (Wildman–Crippen MR) is 68.8 cm³/mol. The Morgan fingerprint density at radius 3 is 2.55 bits per heavy atom. The number of hydrogen-bond acceptors (Lipinski definition) is 6. The number of aliphatic carboxylic acids is 1. The highest BCUT2D eigenvalue weighted by molar-refractivity contribution is 7.89. The van der Waals surface area contributed by atoms with Crippen LogP contribution in [0.15, 0.2) is 23.4 Å². The normalized spacial score (nSPS) is 12.8. The van der Waals surface area contributed by atoms with Crippen LogP contribution in [0.5, 0.6) is 0 Å². The van der Waals surface area contributed by atoms with Crippen LogP contribution in [0.3, 0.4) is 0 Å². The van der Waals surface area contributed by atoms with E-state index in [-0.39, 0.29) is 23.4 Å². The van der Waals surface area contributed by atoms with Gasteiger partial charge >= 0.3 is 5.97 Å². The summed E-state index contributed by atoms with van der Waals surface area (Å²) >= 11 is 0. The number of nitrogens with zero attached hydrogens (tertiary/aromatic N) is 1. The number of nitrogen functional groups attached to an aromatic ring is 1. The Kier molecular flexibility index (Phi) is 5.00. The standard InChI is InChI=1S/C10H14N4O5S/c11-6-3-7(5-13-4-6)20(18,19)14-8(10(16)17)1-2-9(12)15/h3-5,8,14H,1-2,11H2,(H2,12,15)(H,16,17). The molecular weight excluding hydrogens is 288 g/mol. The lowest BCUT2D eigenvalue weighted by Crippen LogP contribution is -2.41. The second-order valence-electron chi connectivity index (χ2n) is 3.97. The number of carboxylic acid groups (broad SMARTS) is 1. The molecular formula is C10H14N4O5S. The van der Waals surface area contributed by atoms with E-state index in [1.807, 2.05) is 4.72 Å². The van der Waals surface area contributed by atoms with Crippen molar-refractivity contribution < 1.29 is 23.1 Å². The lowest BCUT2D eigenvalue weighted by Gasteiger charge is -2.14. The molecule has 0 fully saturated rings. The van der Waals surface area contributed by atoms with Crippen LogP contribution in [0, 0.1) is 0 Å². The van der Waals surface area contributed by atoms with Gasteiger partial charge in [-0.05, 0) is 12.5 Å². The Hall–Kier alpha value is -2.20. The summed E-state index contributed by atoms with van der Waals surface area (Å²) in [6.07, 6.45) is 1.78. The molecule has 1 aromatic heterocycles. The summed E-state index contributed by atoms with van der Waals surface area (Å²) in [5.74, 6) is -2.13. The highest BCUT2D eigenvalue weighted by Gasteiger charge is 2.26. The number of amides is 1. The molecule has 1 unspecified atom stereocenters. The van der Waals surface area contributed by atoms with Gasteiger partial charge in [-0.3, -0.25) is 14.6 Å². The van der Waals surface area contributed by atoms with Gasteiger partial charge in [-0.25, -0.2) is 8.42 Å². The smallest absolute Gasteiger partial charge is 0.321 e. The molecule has 20 heavy (non-hydrogen) atoms. The minimum atomic E-state index is -4.10. The minimum Gasteiger partial charge on any atom is -0.480 e. The van der Waals surface area contributed by atoms with Crippen LogP contribution in [0.25, 0.3) is 0 Å². The van der Waals surface area contributed by atoms with Gasteiger partial charge in [0.05, 0.1) is 5.69 Å². The second kappa shape index (κ2) is 6.30. The second-order valence-corrected chi connectivity index (χ2v) is 5.69. The molecule has 0 radical (unpaired) electrons. The van der Waals surface area contributed by atoms with Crippen LogP contribution in [-0.4, -0.2) is 36.4 Å². The summed E-state index contributed by atoms with van der Waals surface area (Å²) in [5.41, 5.74) is 10.4. The third kappa shape index (κ3) is 4.48. The SMILES string of the molecule is NC(=O)CCC(NS(=O)(=O)c1cncc(N)c1)C(=O)O. The molecule has 0 aliphatic heterocycles. The Balaban J connectivity index is 2.91. The van der Waals surface area contributed by atoms with Crippen molar-refractivity contribution in [2.45, 2.75) is 23.8 Å². The van der Waals surface area contributed by atoms with Gasteiger partial charge in [-0.15, -0.1) is 0 Å². The maximum Gasteiger partial charge on any atom is 0.321 e. The number of aromatic nitrogens is 1. The zero-order chi connectivity index (χ0) is 15.3. The fourth-order valence-electron chi connectivity index (χ4n) is 1.36. The van der Waals surface area contributed by atoms with Gasteiger partial charge < -0.3 is 16.6 Å². The average Bonchev–Trinajstić information content (AvgIpc) is 2.34. The van der Waals surface area contributed by atoms with Gasteiger partial charge in [0.2, 0.25) is 15.9 Å². The highest BCUT2D eigenvalue weighted by atomic mass is 32.2. The lowest BCUT2D eigenvalue weighted by molar-refractivity contribution is -0.139. The van der Waals surface area contributed by atoms with E-state index in [0.717, 1.165) is 12.3 Å². The summed E-state index contributed by atoms with van der Waals surface area (Å²) < 4.78 is 25.9. The van der Waals surface area contributed by atoms with E-state index >= 15 is 0 Å². The molecule has 0 aliphatic rings. The minimum absolute atomic E-state index is 0.122. The van der Waals surface area contributed by atoms with Crippen molar-refractivity contribution in [3.05, 3.63) is 18.5 Å². The summed E-state index contributed by atoms with van der Waals surface area (Å²) in [7, 11) is -4.10. The molecule has 10 heteroatoms. The molecule has 1 rings (SSSR count). The number of anilines is 1. The van der Waals surface area contributed by atoms with Crippen LogP contribution >= 0.6 is 0 Å². The summed E-state index contributed by atoms with van der Waals surface area (Å²) in [5, 5.41) is 8.93. The maximum atomic E-state index is 12.0. The van der Waals surface area contributed by atoms with Crippen molar-refractivity contribution in [1.82, 2.24) is 9.71 Å². The van der Waals surface area contributed by atoms with E-state index in [9.17, 15) is 18.0 Å². The van der Waals surface area contributed by atoms with Crippen molar-refractivity contribution in [2.75, 3.05) is 5.73 Å². The quantitative estimate of drug-likeness (QED) is 0.483. The number of nitrogens with two attached hydrogens (primary N) is 2. The van der Waals surface area contributed by atoms with E-state index < -0.39 is 27.9 Å². The first-order valence-corrected chi connectivity index (χ1v) is 6.94. The first kappa shape index (κ1) is 15.9. The molecule has 0 aromatic carbocycles. The van der Waals surface area contributed by atoms with Gasteiger partial charge in [0.1, 0.15) is 10.9 Å². The Bertz CT molecular complexity index is 616. The van der Waals surface area contributed by atoms with Gasteiger partial charge in [-0.1, -0.05) is 0 Å². The van der Waals surface area contributed by atoms with Crippen LogP contribution in [0.1, 0.15) is 12.8 Å². The van der Waals surface area contributed by atoms with Gasteiger partial charge in [0.15, 0.2) is 0 Å². The number of carboxylic acids is 1. The molecule has 0 aliphatic carbocycles. The summed E-state index contributed by atoms with van der Waals surface area (Å²) in [4.78, 5) is 25.0. The molecule has 0 saturated carbocycles. The van der Waals surface area contributed by atoms with E-state index in [2.05, 4.69) is 4.98 Å². The highest BCUT2D eigenvalue weighted by Crippen LogP contribution is 2.12. The number of pyridine rings is 1. The van der Waals surface area contributed by atoms with Crippen LogP contribution in [0.2, 0.25) is 0 Å². The zero-order valence-electron chi connectivity index (χ0n) is 10.3. The van der Waals surface area contributed by atoms with E-state index in [4.69, 9.17) is 16.6 Å². The predicted octanol–water partition coefficient (Wildman–Crippen LogP) is -1.34.